The number of carboxylic acids is 1. The van der Waals surface area contributed by atoms with Crippen LogP contribution in [0.15, 0.2) is 12.2 Å². The van der Waals surface area contributed by atoms with Gasteiger partial charge in [0.25, 0.3) is 0 Å². The summed E-state index contributed by atoms with van der Waals surface area (Å²) in [6.07, 6.45) is 0.0423. The number of hydrogen-bond acceptors (Lipinski definition) is 7. The van der Waals surface area contributed by atoms with Crippen molar-refractivity contribution in [1.29, 1.82) is 0 Å². The highest BCUT2D eigenvalue weighted by molar-refractivity contribution is 5.67. The van der Waals surface area contributed by atoms with Crippen LogP contribution in [-0.2, 0) is 14.3 Å². The summed E-state index contributed by atoms with van der Waals surface area (Å²) in [6, 6.07) is 0. The standard InChI is InChI=1S/C18H30O8/c1-2-3-4-5-11-10(8-14(20)21)6-7-12(11)25-18-17(24)16(23)15(22)13(9-19)26-18/h3-4,10-13,15-19,22-24H,2,5-9H2,1H3,(H,20,21)/b4-3-/t10-,11-,12+,13+,15-,16-,17+,18-/m1/s1. The summed E-state index contributed by atoms with van der Waals surface area (Å²) >= 11 is 0. The number of aliphatic hydroxyl groups is 4. The van der Waals surface area contributed by atoms with Gasteiger partial charge < -0.3 is 35.0 Å². The SMILES string of the molecule is CC/C=C\C[C@@H]1[C@@H](CC(=O)O)CC[C@@H]1O[C@@H]1O[C@@H](CO)[C@@H](O)[C@@H](O)[C@@H]1O. The molecule has 1 aliphatic heterocycles. The molecule has 0 aromatic heterocycles. The number of aliphatic hydroxyl groups excluding tert-OH is 4. The molecule has 1 saturated heterocycles. The lowest BCUT2D eigenvalue weighted by Gasteiger charge is -2.41. The molecule has 2 fully saturated rings. The Morgan fingerprint density at radius 3 is 2.50 bits per heavy atom. The van der Waals surface area contributed by atoms with Crippen molar-refractivity contribution in [3.63, 3.8) is 0 Å². The molecule has 8 nitrogen and oxygen atoms in total. The van der Waals surface area contributed by atoms with E-state index in [2.05, 4.69) is 0 Å². The summed E-state index contributed by atoms with van der Waals surface area (Å²) in [5.74, 6) is -0.932. The second-order valence-corrected chi connectivity index (χ2v) is 7.09. The first-order valence-corrected chi connectivity index (χ1v) is 9.21. The zero-order chi connectivity index (χ0) is 19.3. The van der Waals surface area contributed by atoms with Gasteiger partial charge in [-0.15, -0.1) is 0 Å². The monoisotopic (exact) mass is 374 g/mol. The van der Waals surface area contributed by atoms with Crippen LogP contribution < -0.4 is 0 Å². The van der Waals surface area contributed by atoms with Gasteiger partial charge in [-0.05, 0) is 37.5 Å². The fourth-order valence-electron chi connectivity index (χ4n) is 3.87. The van der Waals surface area contributed by atoms with Crippen LogP contribution >= 0.6 is 0 Å². The van der Waals surface area contributed by atoms with Gasteiger partial charge in [0.2, 0.25) is 0 Å². The molecule has 0 aromatic carbocycles. The summed E-state index contributed by atoms with van der Waals surface area (Å²) in [6.45, 7) is 1.50. The fraction of sp³-hybridized carbons (Fsp3) is 0.833. The highest BCUT2D eigenvalue weighted by atomic mass is 16.7. The summed E-state index contributed by atoms with van der Waals surface area (Å²) < 4.78 is 11.3. The number of hydrogen-bond donors (Lipinski definition) is 5. The van der Waals surface area contributed by atoms with Crippen molar-refractivity contribution < 1.29 is 39.8 Å². The first kappa shape index (κ1) is 21.3. The minimum absolute atomic E-state index is 0.0381. The lowest BCUT2D eigenvalue weighted by Crippen LogP contribution is -2.59. The molecular weight excluding hydrogens is 344 g/mol. The van der Waals surface area contributed by atoms with E-state index in [9.17, 15) is 25.2 Å². The van der Waals surface area contributed by atoms with Crippen molar-refractivity contribution in [1.82, 2.24) is 0 Å². The molecule has 8 atom stereocenters. The van der Waals surface area contributed by atoms with Crippen molar-refractivity contribution in [3.8, 4) is 0 Å². The van der Waals surface area contributed by atoms with Crippen LogP contribution in [0.25, 0.3) is 0 Å². The third kappa shape index (κ3) is 5.03. The topological polar surface area (TPSA) is 137 Å². The van der Waals surface area contributed by atoms with Crippen molar-refractivity contribution >= 4 is 5.97 Å². The van der Waals surface area contributed by atoms with Crippen LogP contribution in [-0.4, -0.2) is 74.9 Å². The van der Waals surface area contributed by atoms with Gasteiger partial charge in [-0.1, -0.05) is 19.1 Å². The number of ether oxygens (including phenoxy) is 2. The second-order valence-electron chi connectivity index (χ2n) is 7.09. The summed E-state index contributed by atoms with van der Waals surface area (Å²) in [5.41, 5.74) is 0. The molecule has 8 heteroatoms. The van der Waals surface area contributed by atoms with Crippen LogP contribution in [0.2, 0.25) is 0 Å². The lowest BCUT2D eigenvalue weighted by atomic mass is 9.88. The lowest BCUT2D eigenvalue weighted by molar-refractivity contribution is -0.313. The van der Waals surface area contributed by atoms with E-state index in [1.54, 1.807) is 0 Å². The number of carbonyl (C=O) groups is 1. The number of allylic oxidation sites excluding steroid dienone is 2. The Morgan fingerprint density at radius 1 is 1.15 bits per heavy atom. The Bertz CT molecular complexity index is 480. The molecule has 5 N–H and O–H groups in total. The third-order valence-electron chi connectivity index (χ3n) is 5.31. The summed E-state index contributed by atoms with van der Waals surface area (Å²) in [5, 5.41) is 48.3. The second kappa shape index (κ2) is 9.77. The van der Waals surface area contributed by atoms with Crippen LogP contribution in [0.5, 0.6) is 0 Å². The molecule has 1 saturated carbocycles. The molecule has 0 radical (unpaired) electrons. The number of rotatable bonds is 8. The Labute approximate surface area is 153 Å². The number of carboxylic acid groups (broad SMARTS) is 1. The molecule has 0 spiro atoms. The quantitative estimate of drug-likeness (QED) is 0.375. The maximum atomic E-state index is 11.1. The summed E-state index contributed by atoms with van der Waals surface area (Å²) in [7, 11) is 0. The van der Waals surface area contributed by atoms with Gasteiger partial charge in [0.05, 0.1) is 12.7 Å². The average molecular weight is 374 g/mol. The highest BCUT2D eigenvalue weighted by Gasteiger charge is 2.47. The largest absolute Gasteiger partial charge is 0.481 e. The van der Waals surface area contributed by atoms with Gasteiger partial charge in [-0.25, -0.2) is 0 Å². The predicted octanol–water partition coefficient (Wildman–Crippen LogP) is 0.0287. The zero-order valence-electron chi connectivity index (χ0n) is 15.0. The van der Waals surface area contributed by atoms with E-state index in [1.807, 2.05) is 19.1 Å². The van der Waals surface area contributed by atoms with Gasteiger partial charge >= 0.3 is 5.97 Å². The molecule has 1 aliphatic carbocycles. The molecule has 0 unspecified atom stereocenters. The first-order valence-electron chi connectivity index (χ1n) is 9.21. The Kier molecular flexibility index (Phi) is 8.00. The van der Waals surface area contributed by atoms with Gasteiger partial charge in [0, 0.05) is 6.42 Å². The van der Waals surface area contributed by atoms with Gasteiger partial charge in [0.1, 0.15) is 24.4 Å². The minimum atomic E-state index is -1.49. The molecule has 2 rings (SSSR count). The van der Waals surface area contributed by atoms with Crippen LogP contribution in [0.3, 0.4) is 0 Å². The van der Waals surface area contributed by atoms with Crippen molar-refractivity contribution in [3.05, 3.63) is 12.2 Å². The zero-order valence-corrected chi connectivity index (χ0v) is 15.0. The third-order valence-corrected chi connectivity index (χ3v) is 5.31. The van der Waals surface area contributed by atoms with Crippen LogP contribution in [0.4, 0.5) is 0 Å². The van der Waals surface area contributed by atoms with Crippen molar-refractivity contribution in [2.75, 3.05) is 6.61 Å². The minimum Gasteiger partial charge on any atom is -0.481 e. The normalized spacial score (nSPS) is 41.0. The van der Waals surface area contributed by atoms with Gasteiger partial charge in [-0.2, -0.15) is 0 Å². The molecule has 26 heavy (non-hydrogen) atoms. The molecular formula is C18H30O8. The highest BCUT2D eigenvalue weighted by Crippen LogP contribution is 2.40. The maximum absolute atomic E-state index is 11.1. The molecule has 0 aromatic rings. The van der Waals surface area contributed by atoms with Crippen LogP contribution in [0.1, 0.15) is 39.0 Å². The van der Waals surface area contributed by atoms with E-state index in [0.29, 0.717) is 19.3 Å². The molecule has 0 bridgehead atoms. The molecule has 150 valence electrons. The number of aliphatic carboxylic acids is 1. The Balaban J connectivity index is 2.07. The Hall–Kier alpha value is -1.03. The first-order chi connectivity index (χ1) is 12.4. The average Bonchev–Trinajstić information content (AvgIpc) is 2.96. The van der Waals surface area contributed by atoms with E-state index in [1.165, 1.54) is 0 Å². The van der Waals surface area contributed by atoms with E-state index >= 15 is 0 Å². The molecule has 2 aliphatic rings. The van der Waals surface area contributed by atoms with Crippen molar-refractivity contribution in [2.24, 2.45) is 11.8 Å². The van der Waals surface area contributed by atoms with Gasteiger partial charge in [0.15, 0.2) is 6.29 Å². The maximum Gasteiger partial charge on any atom is 0.303 e. The van der Waals surface area contributed by atoms with E-state index in [0.717, 1.165) is 6.42 Å². The molecule has 1 heterocycles. The van der Waals surface area contributed by atoms with E-state index in [4.69, 9.17) is 14.6 Å². The van der Waals surface area contributed by atoms with E-state index < -0.39 is 43.3 Å². The van der Waals surface area contributed by atoms with E-state index in [-0.39, 0.29) is 24.4 Å². The fourth-order valence-corrected chi connectivity index (χ4v) is 3.87. The summed E-state index contributed by atoms with van der Waals surface area (Å²) in [4.78, 5) is 11.1. The van der Waals surface area contributed by atoms with Gasteiger partial charge in [-0.3, -0.25) is 4.79 Å². The Morgan fingerprint density at radius 2 is 1.88 bits per heavy atom. The van der Waals surface area contributed by atoms with Crippen LogP contribution in [0, 0.1) is 11.8 Å². The predicted molar refractivity (Wildman–Crippen MR) is 91.2 cm³/mol. The molecule has 0 amide bonds. The smallest absolute Gasteiger partial charge is 0.303 e. The van der Waals surface area contributed by atoms with Crippen molar-refractivity contribution in [2.45, 2.75) is 75.8 Å².